The minimum absolute atomic E-state index is 0.202. The number of benzene rings is 1. The first-order chi connectivity index (χ1) is 10.6. The van der Waals surface area contributed by atoms with Gasteiger partial charge in [-0.3, -0.25) is 9.59 Å². The van der Waals surface area contributed by atoms with Crippen LogP contribution in [-0.2, 0) is 22.4 Å². The van der Waals surface area contributed by atoms with Crippen molar-refractivity contribution in [2.24, 2.45) is 11.8 Å². The van der Waals surface area contributed by atoms with Crippen LogP contribution in [0.25, 0.3) is 0 Å². The average molecular weight is 301 g/mol. The normalized spacial score (nSPS) is 22.2. The highest BCUT2D eigenvalue weighted by Gasteiger charge is 2.29. The van der Waals surface area contributed by atoms with Gasteiger partial charge < -0.3 is 10.0 Å². The lowest BCUT2D eigenvalue weighted by molar-refractivity contribution is -0.146. The van der Waals surface area contributed by atoms with E-state index >= 15 is 0 Å². The van der Waals surface area contributed by atoms with Crippen LogP contribution >= 0.6 is 0 Å². The second-order valence-corrected chi connectivity index (χ2v) is 6.57. The highest BCUT2D eigenvalue weighted by molar-refractivity contribution is 5.77. The Balaban J connectivity index is 1.52. The molecule has 1 aliphatic heterocycles. The number of carbonyl (C=O) groups excluding carboxylic acids is 1. The van der Waals surface area contributed by atoms with Gasteiger partial charge in [0, 0.05) is 19.5 Å². The third-order valence-electron chi connectivity index (χ3n) is 5.11. The molecule has 0 radical (unpaired) electrons. The van der Waals surface area contributed by atoms with Crippen LogP contribution in [0.1, 0.15) is 36.8 Å². The van der Waals surface area contributed by atoms with E-state index in [2.05, 4.69) is 24.3 Å². The summed E-state index contributed by atoms with van der Waals surface area (Å²) in [6.45, 7) is 1.19. The third kappa shape index (κ3) is 3.32. The molecule has 118 valence electrons. The van der Waals surface area contributed by atoms with E-state index in [1.54, 1.807) is 0 Å². The zero-order valence-corrected chi connectivity index (χ0v) is 12.8. The van der Waals surface area contributed by atoms with E-state index in [4.69, 9.17) is 5.11 Å². The number of amides is 1. The number of aryl methyl sites for hydroxylation is 1. The summed E-state index contributed by atoms with van der Waals surface area (Å²) >= 11 is 0. The lowest BCUT2D eigenvalue weighted by atomic mass is 9.82. The molecule has 1 N–H and O–H groups in total. The molecule has 1 heterocycles. The van der Waals surface area contributed by atoms with E-state index in [0.717, 1.165) is 19.3 Å². The van der Waals surface area contributed by atoms with Crippen molar-refractivity contribution in [1.29, 1.82) is 0 Å². The van der Waals surface area contributed by atoms with Gasteiger partial charge in [0.2, 0.25) is 5.91 Å². The standard InChI is InChI=1S/C18H23NO3/c20-17(19-9-7-15(8-10-19)18(21)22)12-13-5-6-14-3-1-2-4-16(14)11-13/h1-4,13,15H,5-12H2,(H,21,22)/t13-/m1/s1. The highest BCUT2D eigenvalue weighted by Crippen LogP contribution is 2.28. The van der Waals surface area contributed by atoms with Crippen molar-refractivity contribution >= 4 is 11.9 Å². The van der Waals surface area contributed by atoms with Crippen LogP contribution in [0, 0.1) is 11.8 Å². The molecule has 1 atom stereocenters. The molecule has 1 amide bonds. The fraction of sp³-hybridized carbons (Fsp3) is 0.556. The highest BCUT2D eigenvalue weighted by atomic mass is 16.4. The van der Waals surface area contributed by atoms with Gasteiger partial charge in [-0.1, -0.05) is 24.3 Å². The summed E-state index contributed by atoms with van der Waals surface area (Å²) in [5.41, 5.74) is 2.81. The van der Waals surface area contributed by atoms with Crippen molar-refractivity contribution in [3.63, 3.8) is 0 Å². The molecule has 4 nitrogen and oxygen atoms in total. The van der Waals surface area contributed by atoms with E-state index in [1.165, 1.54) is 11.1 Å². The molecule has 0 unspecified atom stereocenters. The molecular weight excluding hydrogens is 278 g/mol. The second kappa shape index (κ2) is 6.51. The van der Waals surface area contributed by atoms with Crippen LogP contribution in [-0.4, -0.2) is 35.0 Å². The van der Waals surface area contributed by atoms with Gasteiger partial charge in [0.25, 0.3) is 0 Å². The second-order valence-electron chi connectivity index (χ2n) is 6.57. The number of aliphatic carboxylic acids is 1. The molecule has 0 bridgehead atoms. The van der Waals surface area contributed by atoms with Crippen LogP contribution in [0.4, 0.5) is 0 Å². The van der Waals surface area contributed by atoms with E-state index in [1.807, 2.05) is 4.90 Å². The molecule has 1 aromatic carbocycles. The fourth-order valence-corrected chi connectivity index (χ4v) is 3.70. The number of fused-ring (bicyclic) bond motifs is 1. The Labute approximate surface area is 131 Å². The quantitative estimate of drug-likeness (QED) is 0.933. The summed E-state index contributed by atoms with van der Waals surface area (Å²) in [4.78, 5) is 25.3. The summed E-state index contributed by atoms with van der Waals surface area (Å²) < 4.78 is 0. The number of hydrogen-bond donors (Lipinski definition) is 1. The molecule has 22 heavy (non-hydrogen) atoms. The van der Waals surface area contributed by atoms with E-state index < -0.39 is 5.97 Å². The maximum absolute atomic E-state index is 12.4. The number of carbonyl (C=O) groups is 2. The zero-order chi connectivity index (χ0) is 15.5. The van der Waals surface area contributed by atoms with Crippen molar-refractivity contribution in [2.45, 2.75) is 38.5 Å². The van der Waals surface area contributed by atoms with Crippen molar-refractivity contribution in [2.75, 3.05) is 13.1 Å². The van der Waals surface area contributed by atoms with Crippen LogP contribution in [0.15, 0.2) is 24.3 Å². The number of rotatable bonds is 3. The summed E-state index contributed by atoms with van der Waals surface area (Å²) in [6.07, 6.45) is 4.92. The maximum atomic E-state index is 12.4. The first-order valence-corrected chi connectivity index (χ1v) is 8.21. The van der Waals surface area contributed by atoms with Gasteiger partial charge in [0.15, 0.2) is 0 Å². The van der Waals surface area contributed by atoms with Crippen LogP contribution in [0.2, 0.25) is 0 Å². The first kappa shape index (κ1) is 15.1. The third-order valence-corrected chi connectivity index (χ3v) is 5.11. The molecular formula is C18H23NO3. The average Bonchev–Trinajstić information content (AvgIpc) is 2.55. The largest absolute Gasteiger partial charge is 0.481 e. The first-order valence-electron chi connectivity index (χ1n) is 8.21. The summed E-state index contributed by atoms with van der Waals surface area (Å²) in [5.74, 6) is -0.366. The Hall–Kier alpha value is -1.84. The van der Waals surface area contributed by atoms with Crippen molar-refractivity contribution in [3.8, 4) is 0 Å². The smallest absolute Gasteiger partial charge is 0.306 e. The maximum Gasteiger partial charge on any atom is 0.306 e. The molecule has 1 fully saturated rings. The molecule has 1 aliphatic carbocycles. The van der Waals surface area contributed by atoms with Gasteiger partial charge in [-0.15, -0.1) is 0 Å². The van der Waals surface area contributed by atoms with E-state index in [9.17, 15) is 9.59 Å². The minimum Gasteiger partial charge on any atom is -0.481 e. The van der Waals surface area contributed by atoms with Gasteiger partial charge in [-0.25, -0.2) is 0 Å². The van der Waals surface area contributed by atoms with Crippen LogP contribution in [0.3, 0.4) is 0 Å². The fourth-order valence-electron chi connectivity index (χ4n) is 3.70. The van der Waals surface area contributed by atoms with Crippen LogP contribution < -0.4 is 0 Å². The molecule has 1 aromatic rings. The molecule has 3 rings (SSSR count). The number of likely N-dealkylation sites (tertiary alicyclic amines) is 1. The number of carboxylic acids is 1. The number of carboxylic acid groups (broad SMARTS) is 1. The molecule has 1 saturated heterocycles. The van der Waals surface area contributed by atoms with Crippen molar-refractivity contribution in [3.05, 3.63) is 35.4 Å². The van der Waals surface area contributed by atoms with Crippen molar-refractivity contribution in [1.82, 2.24) is 4.90 Å². The number of hydrogen-bond acceptors (Lipinski definition) is 2. The monoisotopic (exact) mass is 301 g/mol. The Morgan fingerprint density at radius 2 is 1.77 bits per heavy atom. The van der Waals surface area contributed by atoms with E-state index in [0.29, 0.717) is 38.3 Å². The molecule has 0 spiro atoms. The number of nitrogens with zero attached hydrogens (tertiary/aromatic N) is 1. The molecule has 0 aromatic heterocycles. The lowest BCUT2D eigenvalue weighted by Crippen LogP contribution is -2.41. The van der Waals surface area contributed by atoms with Gasteiger partial charge >= 0.3 is 5.97 Å². The van der Waals surface area contributed by atoms with Gasteiger partial charge in [-0.2, -0.15) is 0 Å². The predicted molar refractivity (Wildman–Crippen MR) is 83.5 cm³/mol. The SMILES string of the molecule is O=C(O)C1CCN(C(=O)C[C@@H]2CCc3ccccc3C2)CC1. The topological polar surface area (TPSA) is 57.6 Å². The Morgan fingerprint density at radius 3 is 2.45 bits per heavy atom. The zero-order valence-electron chi connectivity index (χ0n) is 12.8. The molecule has 4 heteroatoms. The number of piperidine rings is 1. The summed E-state index contributed by atoms with van der Waals surface area (Å²) in [6, 6.07) is 8.50. The Morgan fingerprint density at radius 1 is 1.09 bits per heavy atom. The van der Waals surface area contributed by atoms with Gasteiger partial charge in [-0.05, 0) is 49.1 Å². The summed E-state index contributed by atoms with van der Waals surface area (Å²) in [7, 11) is 0. The van der Waals surface area contributed by atoms with E-state index in [-0.39, 0.29) is 11.8 Å². The Bertz CT molecular complexity index is 561. The van der Waals surface area contributed by atoms with Crippen LogP contribution in [0.5, 0.6) is 0 Å². The Kier molecular flexibility index (Phi) is 4.46. The van der Waals surface area contributed by atoms with Crippen molar-refractivity contribution < 1.29 is 14.7 Å². The minimum atomic E-state index is -0.726. The predicted octanol–water partition coefficient (Wildman–Crippen LogP) is 2.50. The molecule has 0 saturated carbocycles. The van der Waals surface area contributed by atoms with Gasteiger partial charge in [0.1, 0.15) is 0 Å². The summed E-state index contributed by atoms with van der Waals surface area (Å²) in [5, 5.41) is 9.01. The lowest BCUT2D eigenvalue weighted by Gasteiger charge is -2.32. The molecule has 2 aliphatic rings. The van der Waals surface area contributed by atoms with Gasteiger partial charge in [0.05, 0.1) is 5.92 Å².